The van der Waals surface area contributed by atoms with Gasteiger partial charge < -0.3 is 20.5 Å². The quantitative estimate of drug-likeness (QED) is 0.764. The Balaban J connectivity index is 2.20. The summed E-state index contributed by atoms with van der Waals surface area (Å²) in [6, 6.07) is 1.58. The monoisotopic (exact) mass is 294 g/mol. The lowest BCUT2D eigenvalue weighted by molar-refractivity contribution is -0.0181. The standard InChI is InChI=1S/C14H18N2O3S/c1-10-7-13(20-12(10)3-2-4-15)14(18)16-5-6-19-9-11(16)8-17/h7,11,17H,4-6,8-9,15H2,1H3. The highest BCUT2D eigenvalue weighted by Gasteiger charge is 2.28. The van der Waals surface area contributed by atoms with Gasteiger partial charge in [0.2, 0.25) is 0 Å². The van der Waals surface area contributed by atoms with Crippen molar-refractivity contribution in [2.24, 2.45) is 5.73 Å². The van der Waals surface area contributed by atoms with Gasteiger partial charge in [0.15, 0.2) is 0 Å². The van der Waals surface area contributed by atoms with Crippen molar-refractivity contribution in [3.63, 3.8) is 0 Å². The van der Waals surface area contributed by atoms with Gasteiger partial charge >= 0.3 is 0 Å². The van der Waals surface area contributed by atoms with Gasteiger partial charge in [0.05, 0.1) is 42.2 Å². The van der Waals surface area contributed by atoms with Crippen molar-refractivity contribution in [1.82, 2.24) is 4.90 Å². The summed E-state index contributed by atoms with van der Waals surface area (Å²) in [7, 11) is 0. The number of ether oxygens (including phenoxy) is 1. The van der Waals surface area contributed by atoms with Crippen molar-refractivity contribution in [2.75, 3.05) is 32.9 Å². The van der Waals surface area contributed by atoms with Crippen LogP contribution in [0.5, 0.6) is 0 Å². The van der Waals surface area contributed by atoms with Crippen LogP contribution in [0.2, 0.25) is 0 Å². The number of aryl methyl sites for hydroxylation is 1. The zero-order chi connectivity index (χ0) is 14.5. The Bertz CT molecular complexity index is 544. The summed E-state index contributed by atoms with van der Waals surface area (Å²) in [4.78, 5) is 15.7. The first-order chi connectivity index (χ1) is 9.67. The minimum Gasteiger partial charge on any atom is -0.394 e. The second-order valence-corrected chi connectivity index (χ2v) is 5.59. The van der Waals surface area contributed by atoms with Gasteiger partial charge in [-0.05, 0) is 18.6 Å². The topological polar surface area (TPSA) is 75.8 Å². The molecule has 1 aliphatic heterocycles. The zero-order valence-electron chi connectivity index (χ0n) is 11.4. The summed E-state index contributed by atoms with van der Waals surface area (Å²) in [5.74, 6) is 5.71. The van der Waals surface area contributed by atoms with E-state index in [1.165, 1.54) is 11.3 Å². The van der Waals surface area contributed by atoms with Gasteiger partial charge in [-0.2, -0.15) is 0 Å². The third kappa shape index (κ3) is 3.19. The molecule has 1 aromatic heterocycles. The van der Waals surface area contributed by atoms with Crippen LogP contribution in [-0.4, -0.2) is 54.9 Å². The first-order valence-electron chi connectivity index (χ1n) is 6.46. The third-order valence-corrected chi connectivity index (χ3v) is 4.27. The van der Waals surface area contributed by atoms with Crippen molar-refractivity contribution in [3.05, 3.63) is 21.4 Å². The number of carbonyl (C=O) groups is 1. The first kappa shape index (κ1) is 15.0. The average Bonchev–Trinajstić information content (AvgIpc) is 2.85. The van der Waals surface area contributed by atoms with Crippen LogP contribution in [0, 0.1) is 18.8 Å². The molecule has 1 aromatic rings. The maximum absolute atomic E-state index is 12.5. The number of aliphatic hydroxyl groups excluding tert-OH is 1. The molecule has 1 unspecified atom stereocenters. The molecule has 5 nitrogen and oxygen atoms in total. The van der Waals surface area contributed by atoms with E-state index in [1.54, 1.807) is 4.90 Å². The van der Waals surface area contributed by atoms with E-state index in [0.29, 0.717) is 31.2 Å². The Kier molecular flexibility index (Phi) is 5.15. The lowest BCUT2D eigenvalue weighted by atomic mass is 10.2. The number of carbonyl (C=O) groups excluding carboxylic acids is 1. The normalized spacial score (nSPS) is 18.6. The van der Waals surface area contributed by atoms with E-state index >= 15 is 0 Å². The Labute approximate surface area is 122 Å². The molecule has 0 spiro atoms. The van der Waals surface area contributed by atoms with Crippen LogP contribution in [0.25, 0.3) is 0 Å². The second-order valence-electron chi connectivity index (χ2n) is 4.54. The predicted octanol–water partition coefficient (Wildman–Crippen LogP) is 0.200. The van der Waals surface area contributed by atoms with Crippen molar-refractivity contribution >= 4 is 17.2 Å². The van der Waals surface area contributed by atoms with E-state index in [2.05, 4.69) is 11.8 Å². The molecular weight excluding hydrogens is 276 g/mol. The third-order valence-electron chi connectivity index (χ3n) is 3.13. The molecule has 0 aromatic carbocycles. The number of hydrogen-bond acceptors (Lipinski definition) is 5. The maximum Gasteiger partial charge on any atom is 0.264 e. The highest BCUT2D eigenvalue weighted by atomic mass is 32.1. The molecule has 1 atom stereocenters. The fraction of sp³-hybridized carbons (Fsp3) is 0.500. The van der Waals surface area contributed by atoms with Crippen molar-refractivity contribution in [2.45, 2.75) is 13.0 Å². The summed E-state index contributed by atoms with van der Waals surface area (Å²) < 4.78 is 5.28. The highest BCUT2D eigenvalue weighted by Crippen LogP contribution is 2.23. The molecule has 1 fully saturated rings. The Morgan fingerprint density at radius 2 is 2.50 bits per heavy atom. The molecule has 108 valence electrons. The lowest BCUT2D eigenvalue weighted by Gasteiger charge is -2.34. The van der Waals surface area contributed by atoms with Crippen LogP contribution < -0.4 is 5.73 Å². The smallest absolute Gasteiger partial charge is 0.264 e. The number of aliphatic hydroxyl groups is 1. The predicted molar refractivity (Wildman–Crippen MR) is 77.7 cm³/mol. The molecule has 6 heteroatoms. The summed E-state index contributed by atoms with van der Waals surface area (Å²) >= 11 is 1.37. The van der Waals surface area contributed by atoms with Crippen molar-refractivity contribution < 1.29 is 14.6 Å². The van der Waals surface area contributed by atoms with E-state index in [4.69, 9.17) is 10.5 Å². The number of nitrogens with zero attached hydrogens (tertiary/aromatic N) is 1. The summed E-state index contributed by atoms with van der Waals surface area (Å²) in [5.41, 5.74) is 6.34. The van der Waals surface area contributed by atoms with Crippen LogP contribution in [0.3, 0.4) is 0 Å². The van der Waals surface area contributed by atoms with Crippen molar-refractivity contribution in [1.29, 1.82) is 0 Å². The van der Waals surface area contributed by atoms with Gasteiger partial charge in [-0.1, -0.05) is 11.8 Å². The molecule has 20 heavy (non-hydrogen) atoms. The molecule has 1 saturated heterocycles. The molecule has 1 amide bonds. The SMILES string of the molecule is Cc1cc(C(=O)N2CCOCC2CO)sc1C#CCN. The molecule has 0 aliphatic carbocycles. The van der Waals surface area contributed by atoms with E-state index in [-0.39, 0.29) is 18.6 Å². The molecule has 2 rings (SSSR count). The van der Waals surface area contributed by atoms with Gasteiger partial charge in [-0.15, -0.1) is 11.3 Å². The van der Waals surface area contributed by atoms with Crippen LogP contribution in [0.4, 0.5) is 0 Å². The van der Waals surface area contributed by atoms with E-state index in [0.717, 1.165) is 10.4 Å². The van der Waals surface area contributed by atoms with Crippen LogP contribution in [0.15, 0.2) is 6.07 Å². The highest BCUT2D eigenvalue weighted by molar-refractivity contribution is 7.14. The number of nitrogens with two attached hydrogens (primary N) is 1. The van der Waals surface area contributed by atoms with Crippen LogP contribution >= 0.6 is 11.3 Å². The fourth-order valence-electron chi connectivity index (χ4n) is 2.06. The van der Waals surface area contributed by atoms with Crippen molar-refractivity contribution in [3.8, 4) is 11.8 Å². The fourth-order valence-corrected chi connectivity index (χ4v) is 3.06. The summed E-state index contributed by atoms with van der Waals surface area (Å²) in [6.45, 7) is 3.53. The number of hydrogen-bond donors (Lipinski definition) is 2. The van der Waals surface area contributed by atoms with Gasteiger partial charge in [0.25, 0.3) is 5.91 Å². The first-order valence-corrected chi connectivity index (χ1v) is 7.28. The minimum atomic E-state index is -0.266. The number of amides is 1. The second kappa shape index (κ2) is 6.86. The molecule has 0 radical (unpaired) electrons. The molecule has 1 aliphatic rings. The number of rotatable bonds is 2. The van der Waals surface area contributed by atoms with Gasteiger partial charge in [0, 0.05) is 6.54 Å². The molecule has 0 saturated carbocycles. The summed E-state index contributed by atoms with van der Waals surface area (Å²) in [5, 5.41) is 9.33. The minimum absolute atomic E-state index is 0.0683. The van der Waals surface area contributed by atoms with E-state index in [1.807, 2.05) is 13.0 Å². The largest absolute Gasteiger partial charge is 0.394 e. The van der Waals surface area contributed by atoms with Gasteiger partial charge in [0.1, 0.15) is 0 Å². The van der Waals surface area contributed by atoms with Crippen LogP contribution in [-0.2, 0) is 4.74 Å². The molecule has 0 bridgehead atoms. The lowest BCUT2D eigenvalue weighted by Crippen LogP contribution is -2.50. The average molecular weight is 294 g/mol. The molecule has 2 heterocycles. The number of thiophene rings is 1. The Morgan fingerprint density at radius 1 is 1.70 bits per heavy atom. The Morgan fingerprint density at radius 3 is 3.20 bits per heavy atom. The van der Waals surface area contributed by atoms with E-state index in [9.17, 15) is 9.90 Å². The zero-order valence-corrected chi connectivity index (χ0v) is 12.2. The molecule has 3 N–H and O–H groups in total. The maximum atomic E-state index is 12.5. The summed E-state index contributed by atoms with van der Waals surface area (Å²) in [6.07, 6.45) is 0. The molecular formula is C14H18N2O3S. The van der Waals surface area contributed by atoms with Gasteiger partial charge in [-0.3, -0.25) is 4.79 Å². The van der Waals surface area contributed by atoms with E-state index < -0.39 is 0 Å². The Hall–Kier alpha value is -1.39. The van der Waals surface area contributed by atoms with Gasteiger partial charge in [-0.25, -0.2) is 0 Å². The number of morpholine rings is 1. The van der Waals surface area contributed by atoms with Crippen LogP contribution in [0.1, 0.15) is 20.1 Å².